The first kappa shape index (κ1) is 20.4. The Labute approximate surface area is 164 Å². The lowest BCUT2D eigenvalue weighted by atomic mass is 10.1. The van der Waals surface area contributed by atoms with Crippen LogP contribution in [0, 0.1) is 0 Å². The van der Waals surface area contributed by atoms with Crippen molar-refractivity contribution in [2.45, 2.75) is 19.7 Å². The van der Waals surface area contributed by atoms with Gasteiger partial charge in [0, 0.05) is 24.7 Å². The zero-order chi connectivity index (χ0) is 18.2. The minimum Gasteiger partial charge on any atom is -0.473 e. The molecule has 0 spiro atoms. The molecule has 1 amide bonds. The summed E-state index contributed by atoms with van der Waals surface area (Å²) in [5, 5.41) is 2.92. The van der Waals surface area contributed by atoms with E-state index in [4.69, 9.17) is 10.5 Å². The van der Waals surface area contributed by atoms with Crippen LogP contribution < -0.4 is 15.8 Å². The average molecular weight is 385 g/mol. The van der Waals surface area contributed by atoms with Crippen molar-refractivity contribution in [1.82, 2.24) is 15.3 Å². The molecule has 0 radical (unpaired) electrons. The molecular weight excluding hydrogens is 364 g/mol. The van der Waals surface area contributed by atoms with E-state index in [0.29, 0.717) is 36.8 Å². The van der Waals surface area contributed by atoms with Crippen LogP contribution in [0.3, 0.4) is 0 Å². The van der Waals surface area contributed by atoms with Crippen LogP contribution in [0.5, 0.6) is 5.88 Å². The summed E-state index contributed by atoms with van der Waals surface area (Å²) in [5.74, 6) is 0.336. The van der Waals surface area contributed by atoms with Gasteiger partial charge in [0.15, 0.2) is 0 Å². The van der Waals surface area contributed by atoms with E-state index in [-0.39, 0.29) is 18.3 Å². The van der Waals surface area contributed by atoms with Crippen LogP contribution in [0.2, 0.25) is 0 Å². The molecule has 0 unspecified atom stereocenters. The Morgan fingerprint density at radius 3 is 2.56 bits per heavy atom. The predicted molar refractivity (Wildman–Crippen MR) is 106 cm³/mol. The molecule has 0 fully saturated rings. The first-order valence-corrected chi connectivity index (χ1v) is 8.29. The fraction of sp³-hybridized carbons (Fsp3) is 0.150. The molecule has 3 rings (SSSR count). The van der Waals surface area contributed by atoms with Crippen LogP contribution in [0.4, 0.5) is 0 Å². The van der Waals surface area contributed by atoms with Crippen LogP contribution in [-0.4, -0.2) is 15.9 Å². The van der Waals surface area contributed by atoms with E-state index in [0.717, 1.165) is 11.1 Å². The molecule has 0 aliphatic rings. The quantitative estimate of drug-likeness (QED) is 0.653. The monoisotopic (exact) mass is 384 g/mol. The lowest BCUT2D eigenvalue weighted by molar-refractivity contribution is 0.0950. The molecule has 0 saturated heterocycles. The van der Waals surface area contributed by atoms with E-state index in [1.165, 1.54) is 6.33 Å². The number of benzene rings is 2. The molecule has 7 heteroatoms. The third kappa shape index (κ3) is 6.06. The van der Waals surface area contributed by atoms with Crippen molar-refractivity contribution in [1.29, 1.82) is 0 Å². The molecule has 1 aromatic heterocycles. The molecular formula is C20H21ClN4O2. The van der Waals surface area contributed by atoms with Crippen molar-refractivity contribution in [3.63, 3.8) is 0 Å². The van der Waals surface area contributed by atoms with Crippen molar-refractivity contribution in [2.75, 3.05) is 0 Å². The topological polar surface area (TPSA) is 90.1 Å². The molecule has 0 atom stereocenters. The van der Waals surface area contributed by atoms with Gasteiger partial charge in [-0.3, -0.25) is 4.79 Å². The largest absolute Gasteiger partial charge is 0.473 e. The maximum Gasteiger partial charge on any atom is 0.251 e. The number of amides is 1. The molecule has 3 aromatic rings. The summed E-state index contributed by atoms with van der Waals surface area (Å²) in [7, 11) is 0. The second-order valence-corrected chi connectivity index (χ2v) is 5.71. The van der Waals surface area contributed by atoms with Crippen LogP contribution in [0.1, 0.15) is 27.2 Å². The molecule has 140 valence electrons. The van der Waals surface area contributed by atoms with Crippen LogP contribution >= 0.6 is 12.4 Å². The molecule has 2 aromatic carbocycles. The lowest BCUT2D eigenvalue weighted by Gasteiger charge is -2.09. The number of carbonyl (C=O) groups excluding carboxylic acids is 1. The Kier molecular flexibility index (Phi) is 7.73. The van der Waals surface area contributed by atoms with Gasteiger partial charge >= 0.3 is 0 Å². The Hall–Kier alpha value is -2.96. The molecule has 0 aliphatic heterocycles. The molecule has 6 nitrogen and oxygen atoms in total. The van der Waals surface area contributed by atoms with Gasteiger partial charge < -0.3 is 15.8 Å². The number of hydrogen-bond acceptors (Lipinski definition) is 5. The number of carbonyl (C=O) groups is 1. The second kappa shape index (κ2) is 10.3. The van der Waals surface area contributed by atoms with Gasteiger partial charge in [0.25, 0.3) is 5.91 Å². The van der Waals surface area contributed by atoms with Crippen LogP contribution in [-0.2, 0) is 19.7 Å². The maximum absolute atomic E-state index is 12.3. The van der Waals surface area contributed by atoms with E-state index in [1.54, 1.807) is 12.1 Å². The Balaban J connectivity index is 0.00000261. The van der Waals surface area contributed by atoms with Crippen LogP contribution in [0.15, 0.2) is 67.0 Å². The van der Waals surface area contributed by atoms with Gasteiger partial charge in [0.05, 0.1) is 5.69 Å². The highest BCUT2D eigenvalue weighted by Crippen LogP contribution is 2.12. The van der Waals surface area contributed by atoms with Gasteiger partial charge in [0.2, 0.25) is 5.88 Å². The highest BCUT2D eigenvalue weighted by atomic mass is 35.5. The zero-order valence-corrected chi connectivity index (χ0v) is 15.5. The fourth-order valence-corrected chi connectivity index (χ4v) is 2.41. The lowest BCUT2D eigenvalue weighted by Crippen LogP contribution is -2.22. The molecule has 3 N–H and O–H groups in total. The number of nitrogens with zero attached hydrogens (tertiary/aromatic N) is 2. The summed E-state index contributed by atoms with van der Waals surface area (Å²) in [6.45, 7) is 1.12. The number of rotatable bonds is 7. The summed E-state index contributed by atoms with van der Waals surface area (Å²) >= 11 is 0. The normalized spacial score (nSPS) is 9.96. The Morgan fingerprint density at radius 2 is 1.78 bits per heavy atom. The summed E-state index contributed by atoms with van der Waals surface area (Å²) in [4.78, 5) is 20.4. The van der Waals surface area contributed by atoms with Gasteiger partial charge in [-0.25, -0.2) is 9.97 Å². The standard InChI is InChI=1S/C20H20N4O2.ClH/c21-11-18-10-19(24-14-23-18)26-13-16-7-4-8-17(9-16)20(25)22-12-15-5-2-1-3-6-15;/h1-10,14H,11-13,21H2,(H,22,25);1H. The molecule has 0 bridgehead atoms. The van der Waals surface area contributed by atoms with E-state index in [9.17, 15) is 4.79 Å². The summed E-state index contributed by atoms with van der Waals surface area (Å²) < 4.78 is 5.66. The molecule has 0 aliphatic carbocycles. The molecule has 27 heavy (non-hydrogen) atoms. The highest BCUT2D eigenvalue weighted by Gasteiger charge is 2.07. The summed E-state index contributed by atoms with van der Waals surface area (Å²) in [6, 6.07) is 18.8. The number of ether oxygens (including phenoxy) is 1. The van der Waals surface area contributed by atoms with Crippen LogP contribution in [0.25, 0.3) is 0 Å². The smallest absolute Gasteiger partial charge is 0.251 e. The minimum atomic E-state index is -0.122. The third-order valence-corrected chi connectivity index (χ3v) is 3.78. The first-order valence-electron chi connectivity index (χ1n) is 8.29. The van der Waals surface area contributed by atoms with E-state index in [1.807, 2.05) is 48.5 Å². The minimum absolute atomic E-state index is 0. The fourth-order valence-electron chi connectivity index (χ4n) is 2.41. The summed E-state index contributed by atoms with van der Waals surface area (Å²) in [6.07, 6.45) is 1.42. The zero-order valence-electron chi connectivity index (χ0n) is 14.7. The molecule has 1 heterocycles. The SMILES string of the molecule is Cl.NCc1cc(OCc2cccc(C(=O)NCc3ccccc3)c2)ncn1. The van der Waals surface area contributed by atoms with Crippen molar-refractivity contribution in [2.24, 2.45) is 5.73 Å². The highest BCUT2D eigenvalue weighted by molar-refractivity contribution is 5.94. The van der Waals surface area contributed by atoms with E-state index >= 15 is 0 Å². The number of aromatic nitrogens is 2. The van der Waals surface area contributed by atoms with Crippen molar-refractivity contribution in [3.8, 4) is 5.88 Å². The Bertz CT molecular complexity index is 875. The van der Waals surface area contributed by atoms with E-state index < -0.39 is 0 Å². The number of nitrogens with two attached hydrogens (primary N) is 1. The number of nitrogens with one attached hydrogen (secondary N) is 1. The van der Waals surface area contributed by atoms with Crippen molar-refractivity contribution < 1.29 is 9.53 Å². The van der Waals surface area contributed by atoms with Gasteiger partial charge in [-0.15, -0.1) is 12.4 Å². The van der Waals surface area contributed by atoms with Gasteiger partial charge in [0.1, 0.15) is 12.9 Å². The average Bonchev–Trinajstić information content (AvgIpc) is 2.71. The van der Waals surface area contributed by atoms with Crippen molar-refractivity contribution in [3.05, 3.63) is 89.4 Å². The van der Waals surface area contributed by atoms with Crippen molar-refractivity contribution >= 4 is 18.3 Å². The first-order chi connectivity index (χ1) is 12.7. The summed E-state index contributed by atoms with van der Waals surface area (Å²) in [5.41, 5.74) is 8.80. The predicted octanol–water partition coefficient (Wildman–Crippen LogP) is 2.87. The van der Waals surface area contributed by atoms with Gasteiger partial charge in [-0.2, -0.15) is 0 Å². The second-order valence-electron chi connectivity index (χ2n) is 5.71. The van der Waals surface area contributed by atoms with E-state index in [2.05, 4.69) is 15.3 Å². The number of halogens is 1. The maximum atomic E-state index is 12.3. The molecule has 0 saturated carbocycles. The van der Waals surface area contributed by atoms with Gasteiger partial charge in [-0.05, 0) is 23.3 Å². The Morgan fingerprint density at radius 1 is 1.00 bits per heavy atom. The number of hydrogen-bond donors (Lipinski definition) is 2. The van der Waals surface area contributed by atoms with Gasteiger partial charge in [-0.1, -0.05) is 42.5 Å². The third-order valence-electron chi connectivity index (χ3n) is 3.78.